The van der Waals surface area contributed by atoms with Gasteiger partial charge < -0.3 is 14.8 Å². The molecule has 0 aliphatic carbocycles. The molecule has 0 saturated heterocycles. The normalized spacial score (nSPS) is 12.4. The van der Waals surface area contributed by atoms with Gasteiger partial charge in [-0.3, -0.25) is 14.3 Å². The van der Waals surface area contributed by atoms with Crippen molar-refractivity contribution in [2.75, 3.05) is 13.7 Å². The lowest BCUT2D eigenvalue weighted by molar-refractivity contribution is -0.276. The van der Waals surface area contributed by atoms with Crippen LogP contribution in [0.5, 0.6) is 5.88 Å². The van der Waals surface area contributed by atoms with Crippen molar-refractivity contribution in [2.45, 2.75) is 19.3 Å². The molecular weight excluding hydrogens is 433 g/mol. The molecule has 0 bridgehead atoms. The summed E-state index contributed by atoms with van der Waals surface area (Å²) in [4.78, 5) is 29.3. The third-order valence-electron chi connectivity index (χ3n) is 4.14. The SMILES string of the molecule is COC[C@H](C)NC(=O)c1cc(-c2ccc(OC(F)(F)F)nc2)nn(-c2cnn(C)c2)c1=O. The molecule has 3 rings (SSSR count). The molecule has 0 spiro atoms. The van der Waals surface area contributed by atoms with Crippen LogP contribution < -0.4 is 15.6 Å². The average Bonchev–Trinajstić information content (AvgIpc) is 3.13. The van der Waals surface area contributed by atoms with E-state index in [0.717, 1.165) is 16.9 Å². The zero-order chi connectivity index (χ0) is 23.5. The molecule has 3 aromatic heterocycles. The van der Waals surface area contributed by atoms with Crippen LogP contribution in [0.3, 0.4) is 0 Å². The summed E-state index contributed by atoms with van der Waals surface area (Å²) in [6.45, 7) is 1.93. The van der Waals surface area contributed by atoms with Crippen LogP contribution in [-0.2, 0) is 11.8 Å². The quantitative estimate of drug-likeness (QED) is 0.580. The van der Waals surface area contributed by atoms with Gasteiger partial charge in [0.1, 0.15) is 11.3 Å². The maximum absolute atomic E-state index is 13.0. The number of carbonyl (C=O) groups is 1. The van der Waals surface area contributed by atoms with Gasteiger partial charge in [-0.25, -0.2) is 4.98 Å². The number of aryl methyl sites for hydroxylation is 1. The number of amides is 1. The molecule has 0 unspecified atom stereocenters. The summed E-state index contributed by atoms with van der Waals surface area (Å²) in [5.74, 6) is -1.32. The maximum atomic E-state index is 13.0. The number of ether oxygens (including phenoxy) is 2. The number of halogens is 3. The van der Waals surface area contributed by atoms with Crippen LogP contribution in [0, 0.1) is 0 Å². The first-order valence-electron chi connectivity index (χ1n) is 9.22. The second-order valence-corrected chi connectivity index (χ2v) is 6.80. The highest BCUT2D eigenvalue weighted by Gasteiger charge is 2.31. The predicted molar refractivity (Wildman–Crippen MR) is 105 cm³/mol. The number of hydrogen-bond donors (Lipinski definition) is 1. The summed E-state index contributed by atoms with van der Waals surface area (Å²) in [5.41, 5.74) is -0.241. The van der Waals surface area contributed by atoms with E-state index in [2.05, 4.69) is 25.2 Å². The molecular formula is C19H19F3N6O4. The molecule has 13 heteroatoms. The highest BCUT2D eigenvalue weighted by molar-refractivity contribution is 5.95. The molecule has 10 nitrogen and oxygen atoms in total. The second kappa shape index (κ2) is 9.18. The Kier molecular flexibility index (Phi) is 6.58. The summed E-state index contributed by atoms with van der Waals surface area (Å²) < 4.78 is 48.3. The highest BCUT2D eigenvalue weighted by Crippen LogP contribution is 2.23. The van der Waals surface area contributed by atoms with Gasteiger partial charge in [0.2, 0.25) is 5.88 Å². The molecule has 3 heterocycles. The molecule has 1 N–H and O–H groups in total. The van der Waals surface area contributed by atoms with E-state index in [4.69, 9.17) is 4.74 Å². The molecule has 32 heavy (non-hydrogen) atoms. The van der Waals surface area contributed by atoms with E-state index < -0.39 is 23.7 Å². The Balaban J connectivity index is 2.06. The Labute approximate surface area is 179 Å². The third-order valence-corrected chi connectivity index (χ3v) is 4.14. The van der Waals surface area contributed by atoms with E-state index in [1.807, 2.05) is 0 Å². The van der Waals surface area contributed by atoms with E-state index in [1.165, 1.54) is 36.3 Å². The zero-order valence-corrected chi connectivity index (χ0v) is 17.3. The number of aromatic nitrogens is 5. The van der Waals surface area contributed by atoms with E-state index in [9.17, 15) is 22.8 Å². The number of nitrogens with one attached hydrogen (secondary N) is 1. The minimum absolute atomic E-state index is 0.129. The fraction of sp³-hybridized carbons (Fsp3) is 0.316. The smallest absolute Gasteiger partial charge is 0.388 e. The van der Waals surface area contributed by atoms with Crippen LogP contribution in [-0.4, -0.2) is 56.6 Å². The number of hydrogen-bond acceptors (Lipinski definition) is 7. The molecule has 170 valence electrons. The van der Waals surface area contributed by atoms with Gasteiger partial charge in [0.25, 0.3) is 11.5 Å². The van der Waals surface area contributed by atoms with Crippen LogP contribution in [0.2, 0.25) is 0 Å². The number of pyridine rings is 1. The van der Waals surface area contributed by atoms with Gasteiger partial charge in [-0.15, -0.1) is 13.2 Å². The first-order chi connectivity index (χ1) is 15.1. The average molecular weight is 452 g/mol. The van der Waals surface area contributed by atoms with Gasteiger partial charge in [-0.1, -0.05) is 0 Å². The highest BCUT2D eigenvalue weighted by atomic mass is 19.4. The minimum Gasteiger partial charge on any atom is -0.388 e. The predicted octanol–water partition coefficient (Wildman–Crippen LogP) is 1.69. The van der Waals surface area contributed by atoms with Crippen molar-refractivity contribution in [3.8, 4) is 22.8 Å². The molecule has 1 amide bonds. The van der Waals surface area contributed by atoms with Crippen LogP contribution in [0.4, 0.5) is 13.2 Å². The van der Waals surface area contributed by atoms with Gasteiger partial charge in [-0.2, -0.15) is 14.9 Å². The van der Waals surface area contributed by atoms with Gasteiger partial charge >= 0.3 is 6.36 Å². The summed E-state index contributed by atoms with van der Waals surface area (Å²) in [6.07, 6.45) is -0.890. The Bertz CT molecular complexity index is 1160. The molecule has 0 saturated carbocycles. The van der Waals surface area contributed by atoms with Crippen LogP contribution in [0.15, 0.2) is 41.6 Å². The molecule has 0 radical (unpaired) electrons. The Morgan fingerprint density at radius 3 is 2.59 bits per heavy atom. The summed E-state index contributed by atoms with van der Waals surface area (Å²) in [5, 5.41) is 10.9. The van der Waals surface area contributed by atoms with Gasteiger partial charge in [0, 0.05) is 38.0 Å². The van der Waals surface area contributed by atoms with Crippen LogP contribution in [0.1, 0.15) is 17.3 Å². The summed E-state index contributed by atoms with van der Waals surface area (Å²) in [6, 6.07) is 3.15. The largest absolute Gasteiger partial charge is 0.574 e. The van der Waals surface area contributed by atoms with Crippen molar-refractivity contribution in [3.05, 3.63) is 52.7 Å². The van der Waals surface area contributed by atoms with Crippen molar-refractivity contribution < 1.29 is 27.4 Å². The van der Waals surface area contributed by atoms with Gasteiger partial charge in [-0.05, 0) is 19.1 Å². The molecule has 0 aliphatic heterocycles. The minimum atomic E-state index is -4.88. The first-order valence-corrected chi connectivity index (χ1v) is 9.22. The Morgan fingerprint density at radius 1 is 1.28 bits per heavy atom. The Morgan fingerprint density at radius 2 is 2.03 bits per heavy atom. The number of rotatable bonds is 7. The first kappa shape index (κ1) is 22.9. The van der Waals surface area contributed by atoms with Crippen LogP contribution >= 0.6 is 0 Å². The summed E-state index contributed by atoms with van der Waals surface area (Å²) in [7, 11) is 3.11. The van der Waals surface area contributed by atoms with Crippen molar-refractivity contribution in [1.29, 1.82) is 0 Å². The fourth-order valence-electron chi connectivity index (χ4n) is 2.79. The number of nitrogens with zero attached hydrogens (tertiary/aromatic N) is 5. The standard InChI is InChI=1S/C19H19F3N6O4/c1-11(10-31-3)25-17(29)14-6-15(12-4-5-16(23-7-12)32-19(20,21)22)26-28(18(14)30)13-8-24-27(2)9-13/h4-9,11H,10H2,1-3H3,(H,25,29)/t11-/m0/s1. The Hall–Kier alpha value is -3.74. The van der Waals surface area contributed by atoms with Crippen molar-refractivity contribution in [2.24, 2.45) is 7.05 Å². The lowest BCUT2D eigenvalue weighted by Crippen LogP contribution is -2.39. The molecule has 0 aromatic carbocycles. The lowest BCUT2D eigenvalue weighted by Gasteiger charge is -2.14. The molecule has 0 aliphatic rings. The van der Waals surface area contributed by atoms with Crippen molar-refractivity contribution >= 4 is 5.91 Å². The van der Waals surface area contributed by atoms with Crippen LogP contribution in [0.25, 0.3) is 16.9 Å². The second-order valence-electron chi connectivity index (χ2n) is 6.80. The maximum Gasteiger partial charge on any atom is 0.574 e. The monoisotopic (exact) mass is 452 g/mol. The number of methoxy groups -OCH3 is 1. The van der Waals surface area contributed by atoms with E-state index in [-0.39, 0.29) is 29.5 Å². The topological polar surface area (TPSA) is 113 Å². The van der Waals surface area contributed by atoms with E-state index in [1.54, 1.807) is 14.0 Å². The third kappa shape index (κ3) is 5.49. The molecule has 0 fully saturated rings. The summed E-state index contributed by atoms with van der Waals surface area (Å²) >= 11 is 0. The van der Waals surface area contributed by atoms with E-state index >= 15 is 0 Å². The number of carbonyl (C=O) groups excluding carboxylic acids is 1. The molecule has 1 atom stereocenters. The number of alkyl halides is 3. The lowest BCUT2D eigenvalue weighted by atomic mass is 10.1. The van der Waals surface area contributed by atoms with Crippen molar-refractivity contribution in [3.63, 3.8) is 0 Å². The fourth-order valence-corrected chi connectivity index (χ4v) is 2.79. The molecule has 3 aromatic rings. The van der Waals surface area contributed by atoms with E-state index in [0.29, 0.717) is 5.69 Å². The van der Waals surface area contributed by atoms with Crippen molar-refractivity contribution in [1.82, 2.24) is 29.9 Å². The zero-order valence-electron chi connectivity index (χ0n) is 17.3. The van der Waals surface area contributed by atoms with Gasteiger partial charge in [0.05, 0.1) is 24.7 Å². The van der Waals surface area contributed by atoms with Gasteiger partial charge in [0.15, 0.2) is 0 Å².